The first-order chi connectivity index (χ1) is 10.7. The van der Waals surface area contributed by atoms with E-state index in [2.05, 4.69) is 5.32 Å². The van der Waals surface area contributed by atoms with Crippen LogP contribution in [0.25, 0.3) is 0 Å². The molecule has 0 bridgehead atoms. The summed E-state index contributed by atoms with van der Waals surface area (Å²) >= 11 is 0. The van der Waals surface area contributed by atoms with Gasteiger partial charge in [-0.05, 0) is 18.1 Å². The first-order valence-corrected chi connectivity index (χ1v) is 7.32. The van der Waals surface area contributed by atoms with E-state index in [-0.39, 0.29) is 12.5 Å². The van der Waals surface area contributed by atoms with Gasteiger partial charge >= 0.3 is 0 Å². The Bertz CT molecular complexity index is 571. The van der Waals surface area contributed by atoms with E-state index in [1.807, 2.05) is 60.7 Å². The van der Waals surface area contributed by atoms with E-state index in [1.165, 1.54) is 0 Å². The van der Waals surface area contributed by atoms with Crippen LogP contribution in [0, 0.1) is 0 Å². The van der Waals surface area contributed by atoms with Gasteiger partial charge in [-0.1, -0.05) is 60.7 Å². The number of amides is 1. The molecule has 0 fully saturated rings. The van der Waals surface area contributed by atoms with E-state index in [0.29, 0.717) is 6.61 Å². The summed E-state index contributed by atoms with van der Waals surface area (Å²) in [6.07, 6.45) is -0.585. The molecule has 1 unspecified atom stereocenters. The minimum Gasteiger partial charge on any atom is -0.394 e. The van der Waals surface area contributed by atoms with Crippen LogP contribution >= 0.6 is 0 Å². The van der Waals surface area contributed by atoms with Crippen LogP contribution in [0.3, 0.4) is 0 Å². The Morgan fingerprint density at radius 2 is 1.68 bits per heavy atom. The van der Waals surface area contributed by atoms with Crippen molar-refractivity contribution in [3.63, 3.8) is 0 Å². The van der Waals surface area contributed by atoms with Crippen LogP contribution in [0.15, 0.2) is 60.7 Å². The molecule has 2 rings (SSSR count). The molecule has 1 amide bonds. The molecule has 2 N–H and O–H groups in total. The molecule has 4 nitrogen and oxygen atoms in total. The zero-order valence-corrected chi connectivity index (χ0v) is 12.6. The van der Waals surface area contributed by atoms with Crippen molar-refractivity contribution in [3.8, 4) is 0 Å². The summed E-state index contributed by atoms with van der Waals surface area (Å²) < 4.78 is 5.58. The molecular weight excluding hydrogens is 278 g/mol. The normalized spacial score (nSPS) is 13.4. The number of rotatable bonds is 7. The average molecular weight is 299 g/mol. The minimum atomic E-state index is -0.585. The summed E-state index contributed by atoms with van der Waals surface area (Å²) in [5, 5.41) is 12.3. The van der Waals surface area contributed by atoms with Gasteiger partial charge in [0.15, 0.2) is 0 Å². The number of hydrogen-bond donors (Lipinski definition) is 2. The summed E-state index contributed by atoms with van der Waals surface area (Å²) in [5.74, 6) is -0.237. The lowest BCUT2D eigenvalue weighted by molar-refractivity contribution is -0.133. The Labute approximate surface area is 130 Å². The second-order valence-corrected chi connectivity index (χ2v) is 5.09. The Morgan fingerprint density at radius 1 is 1.09 bits per heavy atom. The lowest BCUT2D eigenvalue weighted by Crippen LogP contribution is -2.38. The predicted molar refractivity (Wildman–Crippen MR) is 85.1 cm³/mol. The number of hydrogen-bond acceptors (Lipinski definition) is 3. The molecular formula is C18H21NO3. The van der Waals surface area contributed by atoms with Crippen molar-refractivity contribution in [2.45, 2.75) is 25.7 Å². The number of carbonyl (C=O) groups excluding carboxylic acids is 1. The highest BCUT2D eigenvalue weighted by molar-refractivity contribution is 5.80. The molecule has 2 atom stereocenters. The molecule has 0 aliphatic carbocycles. The molecule has 116 valence electrons. The highest BCUT2D eigenvalue weighted by atomic mass is 16.5. The van der Waals surface area contributed by atoms with Crippen LogP contribution in [0.4, 0.5) is 0 Å². The van der Waals surface area contributed by atoms with Crippen LogP contribution in [0.2, 0.25) is 0 Å². The Morgan fingerprint density at radius 3 is 2.27 bits per heavy atom. The van der Waals surface area contributed by atoms with Gasteiger partial charge < -0.3 is 15.2 Å². The van der Waals surface area contributed by atoms with Gasteiger partial charge in [-0.25, -0.2) is 0 Å². The lowest BCUT2D eigenvalue weighted by atomic mass is 10.1. The quantitative estimate of drug-likeness (QED) is 0.825. The Kier molecular flexibility index (Phi) is 6.13. The van der Waals surface area contributed by atoms with Gasteiger partial charge in [-0.15, -0.1) is 0 Å². The maximum atomic E-state index is 12.2. The summed E-state index contributed by atoms with van der Waals surface area (Å²) in [5.41, 5.74) is 1.89. The van der Waals surface area contributed by atoms with Crippen molar-refractivity contribution in [3.05, 3.63) is 71.8 Å². The third-order valence-electron chi connectivity index (χ3n) is 3.41. The SMILES string of the molecule is CC(OCc1ccccc1)C(=O)N[C@H](CO)c1ccccc1. The molecule has 22 heavy (non-hydrogen) atoms. The van der Waals surface area contributed by atoms with Crippen LogP contribution in [-0.4, -0.2) is 23.7 Å². The maximum absolute atomic E-state index is 12.2. The van der Waals surface area contributed by atoms with Gasteiger partial charge in [0.25, 0.3) is 0 Å². The van der Waals surface area contributed by atoms with Gasteiger partial charge in [0.2, 0.25) is 5.91 Å². The lowest BCUT2D eigenvalue weighted by Gasteiger charge is -2.20. The number of ether oxygens (including phenoxy) is 1. The van der Waals surface area contributed by atoms with Crippen molar-refractivity contribution in [1.29, 1.82) is 0 Å². The number of aliphatic hydroxyl groups excluding tert-OH is 1. The molecule has 2 aromatic rings. The molecule has 0 aliphatic rings. The Balaban J connectivity index is 1.87. The fraction of sp³-hybridized carbons (Fsp3) is 0.278. The number of aliphatic hydroxyl groups is 1. The first kappa shape index (κ1) is 16.2. The summed E-state index contributed by atoms with van der Waals surface area (Å²) in [6, 6.07) is 18.7. The van der Waals surface area contributed by atoms with Crippen molar-refractivity contribution in [2.24, 2.45) is 0 Å². The highest BCUT2D eigenvalue weighted by Gasteiger charge is 2.18. The monoisotopic (exact) mass is 299 g/mol. The number of benzene rings is 2. The van der Waals surface area contributed by atoms with E-state index < -0.39 is 12.1 Å². The van der Waals surface area contributed by atoms with Gasteiger partial charge in [-0.2, -0.15) is 0 Å². The van der Waals surface area contributed by atoms with Crippen LogP contribution in [-0.2, 0) is 16.1 Å². The largest absolute Gasteiger partial charge is 0.394 e. The standard InChI is InChI=1S/C18H21NO3/c1-14(22-13-15-8-4-2-5-9-15)18(21)19-17(12-20)16-10-6-3-7-11-16/h2-11,14,17,20H,12-13H2,1H3,(H,19,21)/t14?,17-/m1/s1. The van der Waals surface area contributed by atoms with Gasteiger partial charge in [0.05, 0.1) is 19.3 Å². The Hall–Kier alpha value is -2.17. The fourth-order valence-electron chi connectivity index (χ4n) is 2.08. The van der Waals surface area contributed by atoms with Gasteiger partial charge in [0.1, 0.15) is 6.10 Å². The number of carbonyl (C=O) groups is 1. The van der Waals surface area contributed by atoms with E-state index >= 15 is 0 Å². The molecule has 0 spiro atoms. The second-order valence-electron chi connectivity index (χ2n) is 5.09. The van der Waals surface area contributed by atoms with E-state index in [0.717, 1.165) is 11.1 Å². The van der Waals surface area contributed by atoms with Crippen LogP contribution < -0.4 is 5.32 Å². The molecule has 0 heterocycles. The van der Waals surface area contributed by atoms with Gasteiger partial charge in [0, 0.05) is 0 Å². The molecule has 0 aromatic heterocycles. The zero-order chi connectivity index (χ0) is 15.8. The van der Waals surface area contributed by atoms with E-state index in [9.17, 15) is 9.90 Å². The molecule has 0 saturated carbocycles. The van der Waals surface area contributed by atoms with Gasteiger partial charge in [-0.3, -0.25) is 4.79 Å². The first-order valence-electron chi connectivity index (χ1n) is 7.32. The molecule has 0 radical (unpaired) electrons. The van der Waals surface area contributed by atoms with E-state index in [1.54, 1.807) is 6.92 Å². The average Bonchev–Trinajstić information content (AvgIpc) is 2.59. The smallest absolute Gasteiger partial charge is 0.249 e. The predicted octanol–water partition coefficient (Wildman–Crippen LogP) is 2.44. The molecule has 0 aliphatic heterocycles. The van der Waals surface area contributed by atoms with Crippen molar-refractivity contribution < 1.29 is 14.6 Å². The van der Waals surface area contributed by atoms with Crippen molar-refractivity contribution in [1.82, 2.24) is 5.32 Å². The van der Waals surface area contributed by atoms with Crippen molar-refractivity contribution in [2.75, 3.05) is 6.61 Å². The molecule has 0 saturated heterocycles. The molecule has 4 heteroatoms. The second kappa shape index (κ2) is 8.32. The van der Waals surface area contributed by atoms with Crippen LogP contribution in [0.5, 0.6) is 0 Å². The topological polar surface area (TPSA) is 58.6 Å². The van der Waals surface area contributed by atoms with Crippen LogP contribution in [0.1, 0.15) is 24.1 Å². The summed E-state index contributed by atoms with van der Waals surface area (Å²) in [4.78, 5) is 12.2. The van der Waals surface area contributed by atoms with E-state index in [4.69, 9.17) is 4.74 Å². The summed E-state index contributed by atoms with van der Waals surface area (Å²) in [7, 11) is 0. The third kappa shape index (κ3) is 4.69. The highest BCUT2D eigenvalue weighted by Crippen LogP contribution is 2.12. The third-order valence-corrected chi connectivity index (χ3v) is 3.41. The fourth-order valence-corrected chi connectivity index (χ4v) is 2.08. The van der Waals surface area contributed by atoms with Crippen molar-refractivity contribution >= 4 is 5.91 Å². The molecule has 2 aromatic carbocycles. The minimum absolute atomic E-state index is 0.152. The number of nitrogens with one attached hydrogen (secondary N) is 1. The summed E-state index contributed by atoms with van der Waals surface area (Å²) in [6.45, 7) is 1.93. The maximum Gasteiger partial charge on any atom is 0.249 e. The zero-order valence-electron chi connectivity index (χ0n) is 12.6.